The number of anilines is 2. The van der Waals surface area contributed by atoms with E-state index >= 15 is 0 Å². The molecule has 0 saturated carbocycles. The zero-order valence-electron chi connectivity index (χ0n) is 15.5. The van der Waals surface area contributed by atoms with Gasteiger partial charge in [-0.05, 0) is 61.4 Å². The van der Waals surface area contributed by atoms with Gasteiger partial charge in [-0.2, -0.15) is 0 Å². The van der Waals surface area contributed by atoms with Crippen LogP contribution in [-0.4, -0.2) is 31.0 Å². The van der Waals surface area contributed by atoms with Crippen molar-refractivity contribution in [3.05, 3.63) is 53.6 Å². The van der Waals surface area contributed by atoms with Crippen molar-refractivity contribution in [2.75, 3.05) is 23.8 Å². The lowest BCUT2D eigenvalue weighted by Gasteiger charge is -2.09. The van der Waals surface area contributed by atoms with Gasteiger partial charge >= 0.3 is 5.97 Å². The Bertz CT molecular complexity index is 811. The van der Waals surface area contributed by atoms with E-state index < -0.39 is 18.5 Å². The molecule has 0 atom stereocenters. The molecule has 2 amide bonds. The minimum Gasteiger partial charge on any atom is -0.482 e. The lowest BCUT2D eigenvalue weighted by Crippen LogP contribution is -2.23. The number of carbonyl (C=O) groups excluding carboxylic acids is 3. The van der Waals surface area contributed by atoms with Gasteiger partial charge in [0.05, 0.1) is 0 Å². The van der Waals surface area contributed by atoms with Crippen molar-refractivity contribution in [1.29, 1.82) is 0 Å². The van der Waals surface area contributed by atoms with Gasteiger partial charge in [0.15, 0.2) is 13.2 Å². The Balaban J connectivity index is 1.74. The molecular weight excluding hydrogens is 348 g/mol. The highest BCUT2D eigenvalue weighted by Crippen LogP contribution is 2.16. The van der Waals surface area contributed by atoms with Crippen molar-refractivity contribution in [2.24, 2.45) is 0 Å². The van der Waals surface area contributed by atoms with Gasteiger partial charge in [0.2, 0.25) is 5.91 Å². The van der Waals surface area contributed by atoms with Crippen LogP contribution in [0, 0.1) is 13.8 Å². The standard InChI is InChI=1S/C20H22N2O5/c1-13-8-14(2)10-18(9-13)26-12-20(25)27-11-19(24)22-17-6-4-16(5-7-17)21-15(3)23/h4-10H,11-12H2,1-3H3,(H,21,23)(H,22,24). The van der Waals surface area contributed by atoms with Crippen molar-refractivity contribution >= 4 is 29.2 Å². The Morgan fingerprint density at radius 3 is 1.96 bits per heavy atom. The average Bonchev–Trinajstić information content (AvgIpc) is 2.58. The molecule has 0 spiro atoms. The summed E-state index contributed by atoms with van der Waals surface area (Å²) in [6.07, 6.45) is 0. The third kappa shape index (κ3) is 7.19. The largest absolute Gasteiger partial charge is 0.482 e. The Morgan fingerprint density at radius 1 is 0.852 bits per heavy atom. The van der Waals surface area contributed by atoms with Gasteiger partial charge in [-0.1, -0.05) is 6.07 Å². The van der Waals surface area contributed by atoms with E-state index in [-0.39, 0.29) is 12.5 Å². The highest BCUT2D eigenvalue weighted by Gasteiger charge is 2.09. The van der Waals surface area contributed by atoms with E-state index in [1.165, 1.54) is 6.92 Å². The molecule has 0 saturated heterocycles. The number of ether oxygens (including phenoxy) is 2. The van der Waals surface area contributed by atoms with Gasteiger partial charge in [0.1, 0.15) is 5.75 Å². The maximum absolute atomic E-state index is 11.8. The minimum atomic E-state index is -0.634. The number of amides is 2. The molecule has 0 aliphatic rings. The first kappa shape index (κ1) is 20.0. The zero-order chi connectivity index (χ0) is 19.8. The van der Waals surface area contributed by atoms with Crippen LogP contribution in [0.2, 0.25) is 0 Å². The Labute approximate surface area is 157 Å². The Morgan fingerprint density at radius 2 is 1.41 bits per heavy atom. The Hall–Kier alpha value is -3.35. The lowest BCUT2D eigenvalue weighted by molar-refractivity contribution is -0.149. The Kier molecular flexibility index (Phi) is 6.93. The van der Waals surface area contributed by atoms with E-state index in [9.17, 15) is 14.4 Å². The number of hydrogen-bond acceptors (Lipinski definition) is 5. The molecule has 2 rings (SSSR count). The summed E-state index contributed by atoms with van der Waals surface area (Å²) in [6, 6.07) is 12.2. The van der Waals surface area contributed by atoms with Crippen molar-refractivity contribution < 1.29 is 23.9 Å². The van der Waals surface area contributed by atoms with Gasteiger partial charge in [-0.3, -0.25) is 9.59 Å². The molecule has 0 radical (unpaired) electrons. The summed E-state index contributed by atoms with van der Waals surface area (Å²) in [4.78, 5) is 34.5. The first-order chi connectivity index (χ1) is 12.8. The number of esters is 1. The highest BCUT2D eigenvalue weighted by molar-refractivity contribution is 5.93. The number of carbonyl (C=O) groups is 3. The molecule has 2 aromatic rings. The van der Waals surface area contributed by atoms with Crippen LogP contribution in [0.5, 0.6) is 5.75 Å². The van der Waals surface area contributed by atoms with Crippen molar-refractivity contribution in [3.8, 4) is 5.75 Å². The van der Waals surface area contributed by atoms with Crippen LogP contribution in [0.1, 0.15) is 18.1 Å². The summed E-state index contributed by atoms with van der Waals surface area (Å²) in [5.74, 6) is -0.706. The lowest BCUT2D eigenvalue weighted by atomic mass is 10.1. The molecule has 0 unspecified atom stereocenters. The van der Waals surface area contributed by atoms with Gasteiger partial charge in [-0.25, -0.2) is 4.79 Å². The fraction of sp³-hybridized carbons (Fsp3) is 0.250. The predicted octanol–water partition coefficient (Wildman–Crippen LogP) is 2.82. The van der Waals surface area contributed by atoms with Crippen molar-refractivity contribution in [3.63, 3.8) is 0 Å². The second-order valence-electron chi connectivity index (χ2n) is 6.08. The zero-order valence-corrected chi connectivity index (χ0v) is 15.5. The molecule has 0 bridgehead atoms. The summed E-state index contributed by atoms with van der Waals surface area (Å²) < 4.78 is 10.3. The SMILES string of the molecule is CC(=O)Nc1ccc(NC(=O)COC(=O)COc2cc(C)cc(C)c2)cc1. The molecule has 27 heavy (non-hydrogen) atoms. The minimum absolute atomic E-state index is 0.179. The summed E-state index contributed by atoms with van der Waals surface area (Å²) in [5, 5.41) is 5.22. The van der Waals surface area contributed by atoms with E-state index in [2.05, 4.69) is 10.6 Å². The van der Waals surface area contributed by atoms with Crippen LogP contribution in [0.4, 0.5) is 11.4 Å². The maximum Gasteiger partial charge on any atom is 0.344 e. The number of hydrogen-bond donors (Lipinski definition) is 2. The molecule has 142 valence electrons. The number of rotatable bonds is 7. The molecule has 0 aliphatic carbocycles. The van der Waals surface area contributed by atoms with Crippen LogP contribution in [0.3, 0.4) is 0 Å². The van der Waals surface area contributed by atoms with Gasteiger partial charge < -0.3 is 20.1 Å². The van der Waals surface area contributed by atoms with Gasteiger partial charge in [0, 0.05) is 18.3 Å². The molecule has 0 fully saturated rings. The first-order valence-electron chi connectivity index (χ1n) is 8.36. The molecule has 0 heterocycles. The average molecular weight is 370 g/mol. The first-order valence-corrected chi connectivity index (χ1v) is 8.36. The summed E-state index contributed by atoms with van der Waals surface area (Å²) in [5.41, 5.74) is 3.21. The van der Waals surface area contributed by atoms with Crippen LogP contribution in [0.15, 0.2) is 42.5 Å². The molecule has 0 aliphatic heterocycles. The second kappa shape index (κ2) is 9.38. The van der Waals surface area contributed by atoms with Crippen LogP contribution >= 0.6 is 0 Å². The quantitative estimate of drug-likeness (QED) is 0.731. The van der Waals surface area contributed by atoms with E-state index in [1.54, 1.807) is 24.3 Å². The monoisotopic (exact) mass is 370 g/mol. The predicted molar refractivity (Wildman–Crippen MR) is 102 cm³/mol. The van der Waals surface area contributed by atoms with Crippen molar-refractivity contribution in [2.45, 2.75) is 20.8 Å². The van der Waals surface area contributed by atoms with Gasteiger partial charge in [-0.15, -0.1) is 0 Å². The van der Waals surface area contributed by atoms with E-state index in [0.717, 1.165) is 11.1 Å². The van der Waals surface area contributed by atoms with Gasteiger partial charge in [0.25, 0.3) is 5.91 Å². The topological polar surface area (TPSA) is 93.7 Å². The second-order valence-corrected chi connectivity index (χ2v) is 6.08. The highest BCUT2D eigenvalue weighted by atomic mass is 16.6. The molecule has 7 heteroatoms. The normalized spacial score (nSPS) is 10.0. The third-order valence-corrected chi connectivity index (χ3v) is 3.41. The summed E-state index contributed by atoms with van der Waals surface area (Å²) in [7, 11) is 0. The molecular formula is C20H22N2O5. The third-order valence-electron chi connectivity index (χ3n) is 3.41. The number of benzene rings is 2. The van der Waals surface area contributed by atoms with E-state index in [1.807, 2.05) is 32.0 Å². The number of aryl methyl sites for hydroxylation is 2. The molecule has 2 N–H and O–H groups in total. The molecule has 2 aromatic carbocycles. The fourth-order valence-electron chi connectivity index (χ4n) is 2.38. The van der Waals surface area contributed by atoms with Crippen LogP contribution in [0.25, 0.3) is 0 Å². The van der Waals surface area contributed by atoms with E-state index in [4.69, 9.17) is 9.47 Å². The molecule has 0 aromatic heterocycles. The van der Waals surface area contributed by atoms with Crippen LogP contribution < -0.4 is 15.4 Å². The van der Waals surface area contributed by atoms with Crippen molar-refractivity contribution in [1.82, 2.24) is 0 Å². The molecule has 7 nitrogen and oxygen atoms in total. The summed E-state index contributed by atoms with van der Waals surface area (Å²) >= 11 is 0. The number of nitrogens with one attached hydrogen (secondary N) is 2. The summed E-state index contributed by atoms with van der Waals surface area (Å²) in [6.45, 7) is 4.59. The van der Waals surface area contributed by atoms with Crippen LogP contribution in [-0.2, 0) is 19.1 Å². The van der Waals surface area contributed by atoms with E-state index in [0.29, 0.717) is 17.1 Å². The smallest absolute Gasteiger partial charge is 0.344 e. The fourth-order valence-corrected chi connectivity index (χ4v) is 2.38. The maximum atomic E-state index is 11.8.